The molecule has 3 aromatic rings. The van der Waals surface area contributed by atoms with Crippen LogP contribution in [-0.2, 0) is 14.3 Å². The highest BCUT2D eigenvalue weighted by atomic mass is 16.6. The zero-order chi connectivity index (χ0) is 25.1. The Kier molecular flexibility index (Phi) is 6.78. The number of hydrogen-bond acceptors (Lipinski definition) is 6. The van der Waals surface area contributed by atoms with Crippen molar-refractivity contribution in [2.24, 2.45) is 0 Å². The van der Waals surface area contributed by atoms with Crippen LogP contribution in [0.5, 0.6) is 5.75 Å². The molecule has 178 valence electrons. The molecular formula is C28H25NO6. The average molecular weight is 472 g/mol. The summed E-state index contributed by atoms with van der Waals surface area (Å²) in [6.45, 7) is 5.08. The fourth-order valence-corrected chi connectivity index (χ4v) is 4.00. The Bertz CT molecular complexity index is 1340. The maximum Gasteiger partial charge on any atom is 0.344 e. The Morgan fingerprint density at radius 2 is 1.54 bits per heavy atom. The number of ether oxygens (including phenoxy) is 2. The van der Waals surface area contributed by atoms with E-state index in [1.165, 1.54) is 6.07 Å². The molecule has 0 spiro atoms. The number of esters is 1. The second-order valence-electron chi connectivity index (χ2n) is 8.63. The number of aryl methyl sites for hydroxylation is 1. The molecule has 0 aliphatic heterocycles. The van der Waals surface area contributed by atoms with Crippen molar-refractivity contribution in [2.45, 2.75) is 26.7 Å². The van der Waals surface area contributed by atoms with E-state index in [4.69, 9.17) is 9.47 Å². The van der Waals surface area contributed by atoms with Gasteiger partial charge >= 0.3 is 5.97 Å². The van der Waals surface area contributed by atoms with Crippen LogP contribution >= 0.6 is 0 Å². The lowest BCUT2D eigenvalue weighted by molar-refractivity contribution is -0.149. The second-order valence-corrected chi connectivity index (χ2v) is 8.63. The lowest BCUT2D eigenvalue weighted by atomic mass is 9.83. The first kappa shape index (κ1) is 23.9. The molecule has 1 amide bonds. The van der Waals surface area contributed by atoms with E-state index in [-0.39, 0.29) is 46.5 Å². The first-order valence-corrected chi connectivity index (χ1v) is 11.3. The predicted molar refractivity (Wildman–Crippen MR) is 130 cm³/mol. The summed E-state index contributed by atoms with van der Waals surface area (Å²) in [6.07, 6.45) is 0. The van der Waals surface area contributed by atoms with Gasteiger partial charge in [0.1, 0.15) is 5.75 Å². The van der Waals surface area contributed by atoms with E-state index < -0.39 is 18.5 Å². The van der Waals surface area contributed by atoms with Crippen molar-refractivity contribution in [1.82, 2.24) is 0 Å². The highest BCUT2D eigenvalue weighted by molar-refractivity contribution is 6.30. The quantitative estimate of drug-likeness (QED) is 0.400. The lowest BCUT2D eigenvalue weighted by Crippen LogP contribution is -2.27. The van der Waals surface area contributed by atoms with Crippen molar-refractivity contribution < 1.29 is 28.7 Å². The summed E-state index contributed by atoms with van der Waals surface area (Å²) in [7, 11) is 0. The van der Waals surface area contributed by atoms with Gasteiger partial charge in [-0.25, -0.2) is 4.79 Å². The van der Waals surface area contributed by atoms with E-state index in [0.717, 1.165) is 11.1 Å². The Hall–Kier alpha value is -4.26. The molecule has 1 N–H and O–H groups in total. The zero-order valence-corrected chi connectivity index (χ0v) is 19.7. The number of fused-ring (bicyclic) bond motifs is 2. The summed E-state index contributed by atoms with van der Waals surface area (Å²) in [5, 5.41) is 2.58. The molecule has 0 aromatic heterocycles. The summed E-state index contributed by atoms with van der Waals surface area (Å²) in [5.41, 5.74) is 3.11. The van der Waals surface area contributed by atoms with Gasteiger partial charge in [0.15, 0.2) is 24.8 Å². The van der Waals surface area contributed by atoms with Gasteiger partial charge in [0.2, 0.25) is 0 Å². The Morgan fingerprint density at radius 3 is 2.26 bits per heavy atom. The fraction of sp³-hybridized carbons (Fsp3) is 0.214. The van der Waals surface area contributed by atoms with Crippen LogP contribution in [0.15, 0.2) is 60.7 Å². The van der Waals surface area contributed by atoms with Gasteiger partial charge in [-0.3, -0.25) is 14.4 Å². The standard InChI is InChI=1S/C28H25NO6/c1-16(2)18-12-11-17(3)13-23(18)34-15-25(31)35-14-24(30)29-22-10-6-9-21-26(22)28(33)20-8-5-4-7-19(20)27(21)32/h4-13,16H,14-15H2,1-3H3,(H,29,30). The van der Waals surface area contributed by atoms with E-state index in [1.54, 1.807) is 36.4 Å². The minimum atomic E-state index is -0.702. The molecule has 0 heterocycles. The van der Waals surface area contributed by atoms with Crippen molar-refractivity contribution in [3.8, 4) is 5.75 Å². The Balaban J connectivity index is 1.39. The van der Waals surface area contributed by atoms with Crippen LogP contribution < -0.4 is 10.1 Å². The molecule has 0 bridgehead atoms. The number of amides is 1. The van der Waals surface area contributed by atoms with Crippen LogP contribution in [0.1, 0.15) is 62.7 Å². The molecule has 0 saturated heterocycles. The van der Waals surface area contributed by atoms with Gasteiger partial charge in [-0.05, 0) is 36.1 Å². The molecule has 1 aliphatic carbocycles. The van der Waals surface area contributed by atoms with Crippen LogP contribution in [0.4, 0.5) is 5.69 Å². The third-order valence-corrected chi connectivity index (χ3v) is 5.73. The van der Waals surface area contributed by atoms with Crippen molar-refractivity contribution in [2.75, 3.05) is 18.5 Å². The molecule has 0 fully saturated rings. The van der Waals surface area contributed by atoms with Crippen LogP contribution in [0.3, 0.4) is 0 Å². The summed E-state index contributed by atoms with van der Waals surface area (Å²) >= 11 is 0. The van der Waals surface area contributed by atoms with Crippen molar-refractivity contribution >= 4 is 29.1 Å². The molecule has 0 atom stereocenters. The first-order chi connectivity index (χ1) is 16.8. The number of ketones is 2. The van der Waals surface area contributed by atoms with Crippen molar-refractivity contribution in [3.05, 3.63) is 94.0 Å². The summed E-state index contributed by atoms with van der Waals surface area (Å²) < 4.78 is 10.7. The number of anilines is 1. The van der Waals surface area contributed by atoms with E-state index in [0.29, 0.717) is 11.3 Å². The minimum Gasteiger partial charge on any atom is -0.482 e. The van der Waals surface area contributed by atoms with Crippen molar-refractivity contribution in [1.29, 1.82) is 0 Å². The maximum atomic E-state index is 13.0. The summed E-state index contributed by atoms with van der Waals surface area (Å²) in [4.78, 5) is 50.5. The molecule has 7 heteroatoms. The van der Waals surface area contributed by atoms with Gasteiger partial charge < -0.3 is 14.8 Å². The summed E-state index contributed by atoms with van der Waals surface area (Å²) in [5.74, 6) is -1.16. The molecular weight excluding hydrogens is 446 g/mol. The van der Waals surface area contributed by atoms with E-state index in [1.807, 2.05) is 39.0 Å². The molecule has 0 unspecified atom stereocenters. The highest BCUT2D eigenvalue weighted by Gasteiger charge is 2.31. The van der Waals surface area contributed by atoms with E-state index in [9.17, 15) is 19.2 Å². The SMILES string of the molecule is Cc1ccc(C(C)C)c(OCC(=O)OCC(=O)Nc2cccc3c2C(=O)c2ccccc2C3=O)c1. The average Bonchev–Trinajstić information content (AvgIpc) is 2.84. The summed E-state index contributed by atoms with van der Waals surface area (Å²) in [6, 6.07) is 17.0. The van der Waals surface area contributed by atoms with Crippen LogP contribution in [0.25, 0.3) is 0 Å². The fourth-order valence-electron chi connectivity index (χ4n) is 4.00. The predicted octanol–water partition coefficient (Wildman–Crippen LogP) is 4.45. The number of rotatable bonds is 7. The molecule has 1 aliphatic rings. The van der Waals surface area contributed by atoms with Gasteiger partial charge in [0.25, 0.3) is 5.91 Å². The van der Waals surface area contributed by atoms with Crippen LogP contribution in [-0.4, -0.2) is 36.7 Å². The topological polar surface area (TPSA) is 98.8 Å². The number of carbonyl (C=O) groups excluding carboxylic acids is 4. The van der Waals surface area contributed by atoms with Crippen LogP contribution in [0.2, 0.25) is 0 Å². The zero-order valence-electron chi connectivity index (χ0n) is 19.7. The Labute approximate surface area is 203 Å². The molecule has 0 saturated carbocycles. The van der Waals surface area contributed by atoms with Gasteiger partial charge in [-0.1, -0.05) is 62.4 Å². The largest absolute Gasteiger partial charge is 0.482 e. The van der Waals surface area contributed by atoms with Crippen LogP contribution in [0, 0.1) is 6.92 Å². The number of hydrogen-bond donors (Lipinski definition) is 1. The number of benzene rings is 3. The van der Waals surface area contributed by atoms with Crippen molar-refractivity contribution in [3.63, 3.8) is 0 Å². The van der Waals surface area contributed by atoms with Gasteiger partial charge in [0, 0.05) is 16.7 Å². The van der Waals surface area contributed by atoms with Gasteiger partial charge in [-0.15, -0.1) is 0 Å². The second kappa shape index (κ2) is 9.93. The normalized spacial score (nSPS) is 12.1. The highest BCUT2D eigenvalue weighted by Crippen LogP contribution is 2.32. The number of carbonyl (C=O) groups is 4. The minimum absolute atomic E-state index is 0.125. The van der Waals surface area contributed by atoms with E-state index in [2.05, 4.69) is 5.32 Å². The van der Waals surface area contributed by atoms with E-state index >= 15 is 0 Å². The van der Waals surface area contributed by atoms with Gasteiger partial charge in [0.05, 0.1) is 11.3 Å². The smallest absolute Gasteiger partial charge is 0.344 e. The third kappa shape index (κ3) is 4.99. The maximum absolute atomic E-state index is 13.0. The molecule has 4 rings (SSSR count). The molecule has 7 nitrogen and oxygen atoms in total. The first-order valence-electron chi connectivity index (χ1n) is 11.3. The third-order valence-electron chi connectivity index (χ3n) is 5.73. The molecule has 35 heavy (non-hydrogen) atoms. The van der Waals surface area contributed by atoms with Gasteiger partial charge in [-0.2, -0.15) is 0 Å². The monoisotopic (exact) mass is 471 g/mol. The number of nitrogens with one attached hydrogen (secondary N) is 1. The lowest BCUT2D eigenvalue weighted by Gasteiger charge is -2.20. The Morgan fingerprint density at radius 1 is 0.857 bits per heavy atom. The molecule has 3 aromatic carbocycles. The molecule has 0 radical (unpaired) electrons.